The molecule has 0 rings (SSSR count). The Morgan fingerprint density at radius 2 is 1.88 bits per heavy atom. The molecule has 0 aromatic rings. The van der Waals surface area contributed by atoms with Crippen molar-refractivity contribution in [2.75, 3.05) is 6.61 Å². The summed E-state index contributed by atoms with van der Waals surface area (Å²) >= 11 is 0. The Morgan fingerprint density at radius 1 is 1.18 bits per heavy atom. The zero-order valence-electron chi connectivity index (χ0n) is 10.9. The van der Waals surface area contributed by atoms with Crippen LogP contribution in [0.4, 0.5) is 0 Å². The smallest absolute Gasteiger partial charge is 0.305 e. The first-order chi connectivity index (χ1) is 8.24. The molecule has 0 saturated heterocycles. The fourth-order valence-corrected chi connectivity index (χ4v) is 1.69. The summed E-state index contributed by atoms with van der Waals surface area (Å²) in [4.78, 5) is 21.4. The number of rotatable bonds is 11. The summed E-state index contributed by atoms with van der Waals surface area (Å²) in [5.41, 5.74) is 0. The highest BCUT2D eigenvalue weighted by atomic mass is 16.5. The SMILES string of the molecule is CCCCCC(CCCC(=O)OCC)OC=O. The van der Waals surface area contributed by atoms with Crippen molar-refractivity contribution in [2.24, 2.45) is 0 Å². The van der Waals surface area contributed by atoms with Crippen molar-refractivity contribution in [1.82, 2.24) is 0 Å². The molecule has 0 aliphatic carbocycles. The van der Waals surface area contributed by atoms with E-state index in [9.17, 15) is 9.59 Å². The monoisotopic (exact) mass is 244 g/mol. The molecule has 0 spiro atoms. The summed E-state index contributed by atoms with van der Waals surface area (Å²) < 4.78 is 9.83. The van der Waals surface area contributed by atoms with Crippen LogP contribution in [-0.4, -0.2) is 25.2 Å². The van der Waals surface area contributed by atoms with Gasteiger partial charge >= 0.3 is 5.97 Å². The molecule has 100 valence electrons. The second kappa shape index (κ2) is 11.4. The van der Waals surface area contributed by atoms with Crippen molar-refractivity contribution in [3.05, 3.63) is 0 Å². The van der Waals surface area contributed by atoms with Crippen molar-refractivity contribution in [3.63, 3.8) is 0 Å². The predicted octanol–water partition coefficient (Wildman–Crippen LogP) is 2.84. The standard InChI is InChI=1S/C13H24O4/c1-3-5-6-8-12(17-11-14)9-7-10-13(15)16-4-2/h11-12H,3-10H2,1-2H3. The molecule has 17 heavy (non-hydrogen) atoms. The number of hydrogen-bond acceptors (Lipinski definition) is 4. The van der Waals surface area contributed by atoms with Crippen LogP contribution in [0.3, 0.4) is 0 Å². The van der Waals surface area contributed by atoms with Gasteiger partial charge in [-0.3, -0.25) is 9.59 Å². The summed E-state index contributed by atoms with van der Waals surface area (Å²) in [6.45, 7) is 4.85. The highest BCUT2D eigenvalue weighted by molar-refractivity contribution is 5.69. The highest BCUT2D eigenvalue weighted by Crippen LogP contribution is 2.13. The third-order valence-corrected chi connectivity index (χ3v) is 2.59. The zero-order valence-corrected chi connectivity index (χ0v) is 10.9. The maximum atomic E-state index is 11.1. The van der Waals surface area contributed by atoms with Gasteiger partial charge in [-0.2, -0.15) is 0 Å². The van der Waals surface area contributed by atoms with E-state index in [4.69, 9.17) is 9.47 Å². The summed E-state index contributed by atoms with van der Waals surface area (Å²) in [6.07, 6.45) is 6.05. The fraction of sp³-hybridized carbons (Fsp3) is 0.846. The van der Waals surface area contributed by atoms with Gasteiger partial charge in [0.05, 0.1) is 6.61 Å². The maximum Gasteiger partial charge on any atom is 0.305 e. The molecule has 4 heteroatoms. The normalized spacial score (nSPS) is 11.9. The number of hydrogen-bond donors (Lipinski definition) is 0. The minimum atomic E-state index is -0.175. The second-order valence-corrected chi connectivity index (χ2v) is 4.05. The van der Waals surface area contributed by atoms with Gasteiger partial charge in [0.25, 0.3) is 6.47 Å². The Morgan fingerprint density at radius 3 is 2.47 bits per heavy atom. The molecule has 0 saturated carbocycles. The average molecular weight is 244 g/mol. The molecule has 0 bridgehead atoms. The van der Waals surface area contributed by atoms with Crippen LogP contribution in [-0.2, 0) is 19.1 Å². The van der Waals surface area contributed by atoms with E-state index in [2.05, 4.69) is 6.92 Å². The average Bonchev–Trinajstić information content (AvgIpc) is 2.29. The second-order valence-electron chi connectivity index (χ2n) is 4.05. The van der Waals surface area contributed by atoms with Crippen molar-refractivity contribution < 1.29 is 19.1 Å². The molecule has 1 unspecified atom stereocenters. The lowest BCUT2D eigenvalue weighted by Crippen LogP contribution is -2.13. The number of unbranched alkanes of at least 4 members (excludes halogenated alkanes) is 2. The van der Waals surface area contributed by atoms with Crippen molar-refractivity contribution in [1.29, 1.82) is 0 Å². The first kappa shape index (κ1) is 15.9. The number of carbonyl (C=O) groups is 2. The van der Waals surface area contributed by atoms with Gasteiger partial charge in [0.15, 0.2) is 0 Å². The molecule has 4 nitrogen and oxygen atoms in total. The molecule has 0 aliphatic heterocycles. The van der Waals surface area contributed by atoms with Gasteiger partial charge in [0.2, 0.25) is 0 Å². The summed E-state index contributed by atoms with van der Waals surface area (Å²) in [7, 11) is 0. The van der Waals surface area contributed by atoms with E-state index >= 15 is 0 Å². The van der Waals surface area contributed by atoms with Gasteiger partial charge in [0, 0.05) is 6.42 Å². The van der Waals surface area contributed by atoms with Crippen LogP contribution in [0.1, 0.15) is 58.8 Å². The van der Waals surface area contributed by atoms with Crippen LogP contribution in [0.2, 0.25) is 0 Å². The van der Waals surface area contributed by atoms with E-state index in [-0.39, 0.29) is 12.1 Å². The molecular weight excluding hydrogens is 220 g/mol. The van der Waals surface area contributed by atoms with E-state index in [1.807, 2.05) is 0 Å². The zero-order chi connectivity index (χ0) is 12.9. The largest absolute Gasteiger partial charge is 0.466 e. The molecule has 0 N–H and O–H groups in total. The number of esters is 1. The Balaban J connectivity index is 3.68. The number of carbonyl (C=O) groups excluding carboxylic acids is 2. The van der Waals surface area contributed by atoms with Crippen LogP contribution < -0.4 is 0 Å². The molecule has 0 aliphatic rings. The quantitative estimate of drug-likeness (QED) is 0.318. The minimum absolute atomic E-state index is 0.0477. The van der Waals surface area contributed by atoms with Gasteiger partial charge in [-0.25, -0.2) is 0 Å². The van der Waals surface area contributed by atoms with Gasteiger partial charge < -0.3 is 9.47 Å². The van der Waals surface area contributed by atoms with E-state index in [1.54, 1.807) is 6.92 Å². The summed E-state index contributed by atoms with van der Waals surface area (Å²) in [5, 5.41) is 0. The first-order valence-corrected chi connectivity index (χ1v) is 6.49. The third kappa shape index (κ3) is 9.85. The molecule has 0 heterocycles. The molecule has 0 aromatic heterocycles. The van der Waals surface area contributed by atoms with E-state index in [1.165, 1.54) is 0 Å². The molecule has 0 radical (unpaired) electrons. The van der Waals surface area contributed by atoms with Crippen molar-refractivity contribution >= 4 is 12.4 Å². The van der Waals surface area contributed by atoms with Crippen LogP contribution in [0.15, 0.2) is 0 Å². The Bertz CT molecular complexity index is 204. The van der Waals surface area contributed by atoms with Crippen LogP contribution in [0.5, 0.6) is 0 Å². The molecule has 0 aromatic carbocycles. The topological polar surface area (TPSA) is 52.6 Å². The van der Waals surface area contributed by atoms with Crippen LogP contribution in [0, 0.1) is 0 Å². The summed E-state index contributed by atoms with van der Waals surface area (Å²) in [6, 6.07) is 0. The van der Waals surface area contributed by atoms with Gasteiger partial charge in [-0.15, -0.1) is 0 Å². The Labute approximate surface area is 104 Å². The lowest BCUT2D eigenvalue weighted by molar-refractivity contribution is -0.143. The van der Waals surface area contributed by atoms with Crippen molar-refractivity contribution in [3.8, 4) is 0 Å². The van der Waals surface area contributed by atoms with Gasteiger partial charge in [-0.1, -0.05) is 19.8 Å². The van der Waals surface area contributed by atoms with Gasteiger partial charge in [0.1, 0.15) is 6.10 Å². The minimum Gasteiger partial charge on any atom is -0.466 e. The van der Waals surface area contributed by atoms with Crippen LogP contribution >= 0.6 is 0 Å². The number of ether oxygens (including phenoxy) is 2. The molecular formula is C13H24O4. The van der Waals surface area contributed by atoms with Crippen LogP contribution in [0.25, 0.3) is 0 Å². The lowest BCUT2D eigenvalue weighted by atomic mass is 10.1. The summed E-state index contributed by atoms with van der Waals surface area (Å²) in [5.74, 6) is -0.175. The van der Waals surface area contributed by atoms with E-state index in [0.29, 0.717) is 25.9 Å². The fourth-order valence-electron chi connectivity index (χ4n) is 1.69. The van der Waals surface area contributed by atoms with Gasteiger partial charge in [-0.05, 0) is 32.6 Å². The maximum absolute atomic E-state index is 11.1. The molecule has 0 fully saturated rings. The Hall–Kier alpha value is -1.06. The van der Waals surface area contributed by atoms with E-state index in [0.717, 1.165) is 32.1 Å². The lowest BCUT2D eigenvalue weighted by Gasteiger charge is -2.14. The highest BCUT2D eigenvalue weighted by Gasteiger charge is 2.10. The third-order valence-electron chi connectivity index (χ3n) is 2.59. The van der Waals surface area contributed by atoms with E-state index < -0.39 is 0 Å². The molecule has 1 atom stereocenters. The van der Waals surface area contributed by atoms with Crippen molar-refractivity contribution in [2.45, 2.75) is 64.9 Å². The molecule has 0 amide bonds. The first-order valence-electron chi connectivity index (χ1n) is 6.49. The Kier molecular flexibility index (Phi) is 10.7. The predicted molar refractivity (Wildman–Crippen MR) is 65.6 cm³/mol.